The van der Waals surface area contributed by atoms with Gasteiger partial charge >= 0.3 is 0 Å². The Balaban J connectivity index is 1.45. The van der Waals surface area contributed by atoms with Crippen LogP contribution in [0.1, 0.15) is 28.8 Å². The second-order valence-electron chi connectivity index (χ2n) is 7.29. The van der Waals surface area contributed by atoms with Crippen molar-refractivity contribution in [3.63, 3.8) is 0 Å². The lowest BCUT2D eigenvalue weighted by Gasteiger charge is -2.16. The summed E-state index contributed by atoms with van der Waals surface area (Å²) in [5, 5.41) is 7.49. The quantitative estimate of drug-likeness (QED) is 0.729. The maximum Gasteiger partial charge on any atom is 0.255 e. The van der Waals surface area contributed by atoms with Crippen molar-refractivity contribution in [3.05, 3.63) is 71.9 Å². The summed E-state index contributed by atoms with van der Waals surface area (Å²) in [6.45, 7) is 0.602. The Kier molecular flexibility index (Phi) is 4.48. The highest BCUT2D eigenvalue weighted by molar-refractivity contribution is 5.99. The van der Waals surface area contributed by atoms with Crippen LogP contribution in [0.5, 0.6) is 0 Å². The predicted molar refractivity (Wildman–Crippen MR) is 101 cm³/mol. The first-order chi connectivity index (χ1) is 13.0. The van der Waals surface area contributed by atoms with Crippen LogP contribution in [-0.2, 0) is 13.5 Å². The molecule has 1 fully saturated rings. The van der Waals surface area contributed by atoms with Crippen molar-refractivity contribution in [2.75, 3.05) is 6.54 Å². The standard InChI is InChI=1S/C21H21FN4O/c1-26-13-18(19(25-26)16-3-2-10-23-12-16)20(27)24-14-21(8-9-21)11-15-4-6-17(22)7-5-15/h2-7,10,12-13H,8-9,11,14H2,1H3,(H,24,27). The van der Waals surface area contributed by atoms with Gasteiger partial charge in [-0.2, -0.15) is 5.10 Å². The highest BCUT2D eigenvalue weighted by Crippen LogP contribution is 2.47. The van der Waals surface area contributed by atoms with E-state index < -0.39 is 0 Å². The van der Waals surface area contributed by atoms with E-state index in [0.717, 1.165) is 30.4 Å². The number of rotatable bonds is 6. The molecule has 6 heteroatoms. The number of nitrogens with one attached hydrogen (secondary N) is 1. The molecule has 0 radical (unpaired) electrons. The fourth-order valence-corrected chi connectivity index (χ4v) is 3.36. The summed E-state index contributed by atoms with van der Waals surface area (Å²) in [7, 11) is 1.80. The van der Waals surface area contributed by atoms with Gasteiger partial charge in [0.05, 0.1) is 5.56 Å². The number of carbonyl (C=O) groups is 1. The molecule has 5 nitrogen and oxygen atoms in total. The molecule has 4 rings (SSSR count). The molecule has 0 saturated heterocycles. The Labute approximate surface area is 157 Å². The molecule has 0 spiro atoms. The van der Waals surface area contributed by atoms with E-state index in [4.69, 9.17) is 0 Å². The van der Waals surface area contributed by atoms with E-state index in [1.165, 1.54) is 12.1 Å². The zero-order valence-corrected chi connectivity index (χ0v) is 15.2. The van der Waals surface area contributed by atoms with Crippen LogP contribution in [0.25, 0.3) is 11.3 Å². The van der Waals surface area contributed by atoms with E-state index in [9.17, 15) is 9.18 Å². The smallest absolute Gasteiger partial charge is 0.255 e. The third-order valence-electron chi connectivity index (χ3n) is 5.08. The van der Waals surface area contributed by atoms with Crippen LogP contribution in [0.3, 0.4) is 0 Å². The fraction of sp³-hybridized carbons (Fsp3) is 0.286. The lowest BCUT2D eigenvalue weighted by atomic mass is 9.96. The van der Waals surface area contributed by atoms with Crippen LogP contribution in [0.15, 0.2) is 55.0 Å². The van der Waals surface area contributed by atoms with Gasteiger partial charge in [-0.25, -0.2) is 4.39 Å². The molecular weight excluding hydrogens is 343 g/mol. The number of amides is 1. The number of carbonyl (C=O) groups excluding carboxylic acids is 1. The highest BCUT2D eigenvalue weighted by atomic mass is 19.1. The van der Waals surface area contributed by atoms with Crippen molar-refractivity contribution in [2.45, 2.75) is 19.3 Å². The molecule has 1 N–H and O–H groups in total. The molecule has 1 aromatic carbocycles. The van der Waals surface area contributed by atoms with Gasteiger partial charge in [-0.3, -0.25) is 14.5 Å². The minimum Gasteiger partial charge on any atom is -0.351 e. The lowest BCUT2D eigenvalue weighted by molar-refractivity contribution is 0.0945. The summed E-state index contributed by atoms with van der Waals surface area (Å²) >= 11 is 0. The van der Waals surface area contributed by atoms with E-state index in [1.807, 2.05) is 24.3 Å². The fourth-order valence-electron chi connectivity index (χ4n) is 3.36. The van der Waals surface area contributed by atoms with Crippen LogP contribution in [0.2, 0.25) is 0 Å². The molecule has 1 aliphatic carbocycles. The third kappa shape index (κ3) is 3.89. The average Bonchev–Trinajstić information content (AvgIpc) is 3.33. The molecule has 2 aromatic heterocycles. The Hall–Kier alpha value is -3.02. The molecule has 0 aliphatic heterocycles. The van der Waals surface area contributed by atoms with Gasteiger partial charge in [-0.15, -0.1) is 0 Å². The van der Waals surface area contributed by atoms with E-state index in [2.05, 4.69) is 15.4 Å². The monoisotopic (exact) mass is 364 g/mol. The molecule has 3 aromatic rings. The van der Waals surface area contributed by atoms with Crippen molar-refractivity contribution >= 4 is 5.91 Å². The molecule has 138 valence electrons. The van der Waals surface area contributed by atoms with Gasteiger partial charge < -0.3 is 5.32 Å². The van der Waals surface area contributed by atoms with Crippen molar-refractivity contribution in [1.29, 1.82) is 0 Å². The van der Waals surface area contributed by atoms with E-state index >= 15 is 0 Å². The van der Waals surface area contributed by atoms with E-state index in [-0.39, 0.29) is 17.1 Å². The van der Waals surface area contributed by atoms with Gasteiger partial charge in [0.25, 0.3) is 5.91 Å². The number of hydrogen-bond donors (Lipinski definition) is 1. The van der Waals surface area contributed by atoms with Crippen molar-refractivity contribution in [3.8, 4) is 11.3 Å². The molecule has 1 aliphatic rings. The Morgan fingerprint density at radius 1 is 1.26 bits per heavy atom. The van der Waals surface area contributed by atoms with Gasteiger partial charge in [0.2, 0.25) is 0 Å². The molecular formula is C21H21FN4O. The van der Waals surface area contributed by atoms with Crippen LogP contribution in [0.4, 0.5) is 4.39 Å². The number of hydrogen-bond acceptors (Lipinski definition) is 3. The van der Waals surface area contributed by atoms with Crippen molar-refractivity contribution in [1.82, 2.24) is 20.1 Å². The first-order valence-electron chi connectivity index (χ1n) is 9.01. The van der Waals surface area contributed by atoms with E-state index in [0.29, 0.717) is 17.8 Å². The normalized spacial score (nSPS) is 14.7. The topological polar surface area (TPSA) is 59.8 Å². The van der Waals surface area contributed by atoms with Crippen LogP contribution < -0.4 is 5.32 Å². The second kappa shape index (κ2) is 6.95. The Morgan fingerprint density at radius 3 is 2.70 bits per heavy atom. The largest absolute Gasteiger partial charge is 0.351 e. The second-order valence-corrected chi connectivity index (χ2v) is 7.29. The van der Waals surface area contributed by atoms with Crippen LogP contribution in [0, 0.1) is 11.2 Å². The maximum atomic E-state index is 13.1. The molecule has 2 heterocycles. The minimum atomic E-state index is -0.226. The van der Waals surface area contributed by atoms with Crippen LogP contribution >= 0.6 is 0 Å². The van der Waals surface area contributed by atoms with Gasteiger partial charge in [0.1, 0.15) is 11.5 Å². The van der Waals surface area contributed by atoms with Crippen LogP contribution in [-0.4, -0.2) is 27.2 Å². The number of pyridine rings is 1. The van der Waals surface area contributed by atoms with Gasteiger partial charge in [0.15, 0.2) is 0 Å². The zero-order valence-electron chi connectivity index (χ0n) is 15.2. The summed E-state index contributed by atoms with van der Waals surface area (Å²) in [6.07, 6.45) is 8.10. The van der Waals surface area contributed by atoms with Crippen molar-refractivity contribution in [2.24, 2.45) is 12.5 Å². The third-order valence-corrected chi connectivity index (χ3v) is 5.08. The summed E-state index contributed by atoms with van der Waals surface area (Å²) in [5.41, 5.74) is 3.16. The average molecular weight is 364 g/mol. The molecule has 0 bridgehead atoms. The number of benzene rings is 1. The Morgan fingerprint density at radius 2 is 2.04 bits per heavy atom. The molecule has 0 unspecified atom stereocenters. The molecule has 27 heavy (non-hydrogen) atoms. The molecule has 1 saturated carbocycles. The number of halogens is 1. The number of aryl methyl sites for hydroxylation is 1. The zero-order chi connectivity index (χ0) is 18.9. The summed E-state index contributed by atoms with van der Waals surface area (Å²) < 4.78 is 14.7. The van der Waals surface area contributed by atoms with Gasteiger partial charge in [0, 0.05) is 37.7 Å². The Bertz CT molecular complexity index is 946. The maximum absolute atomic E-state index is 13.1. The molecule has 1 amide bonds. The summed E-state index contributed by atoms with van der Waals surface area (Å²) in [5.74, 6) is -0.358. The van der Waals surface area contributed by atoms with Gasteiger partial charge in [-0.1, -0.05) is 12.1 Å². The molecule has 0 atom stereocenters. The number of aromatic nitrogens is 3. The van der Waals surface area contributed by atoms with Gasteiger partial charge in [-0.05, 0) is 54.5 Å². The predicted octanol–water partition coefficient (Wildman–Crippen LogP) is 3.37. The SMILES string of the molecule is Cn1cc(C(=O)NCC2(Cc3ccc(F)cc3)CC2)c(-c2cccnc2)n1. The first kappa shape index (κ1) is 17.4. The van der Waals surface area contributed by atoms with E-state index in [1.54, 1.807) is 30.3 Å². The number of nitrogens with zero attached hydrogens (tertiary/aromatic N) is 3. The first-order valence-corrected chi connectivity index (χ1v) is 9.01. The highest BCUT2D eigenvalue weighted by Gasteiger charge is 2.42. The summed E-state index contributed by atoms with van der Waals surface area (Å²) in [6, 6.07) is 10.3. The van der Waals surface area contributed by atoms with Crippen molar-refractivity contribution < 1.29 is 9.18 Å². The summed E-state index contributed by atoms with van der Waals surface area (Å²) in [4.78, 5) is 16.9. The minimum absolute atomic E-state index is 0.0736. The lowest BCUT2D eigenvalue weighted by Crippen LogP contribution is -2.31.